The number of cyclic esters (lactones) is 1. The van der Waals surface area contributed by atoms with Crippen molar-refractivity contribution in [3.8, 4) is 0 Å². The highest BCUT2D eigenvalue weighted by Crippen LogP contribution is 2.30. The highest BCUT2D eigenvalue weighted by molar-refractivity contribution is 6.30. The fourth-order valence-electron chi connectivity index (χ4n) is 3.27. The molecule has 1 aliphatic rings. The molecule has 6 heteroatoms. The second kappa shape index (κ2) is 7.29. The maximum absolute atomic E-state index is 12.7. The SMILES string of the molecule is O=C1NCC(C(=O)NC(c2ccc(Cl)cc2)c2cccc3ccccc23)O1. The Kier molecular flexibility index (Phi) is 4.69. The molecule has 5 nitrogen and oxygen atoms in total. The van der Waals surface area contributed by atoms with Crippen LogP contribution in [0, 0.1) is 0 Å². The average molecular weight is 381 g/mol. The number of benzene rings is 3. The molecular weight excluding hydrogens is 364 g/mol. The van der Waals surface area contributed by atoms with Crippen LogP contribution in [0.5, 0.6) is 0 Å². The number of ether oxygens (including phenoxy) is 1. The van der Waals surface area contributed by atoms with E-state index in [2.05, 4.69) is 10.6 Å². The second-order valence-electron chi connectivity index (χ2n) is 6.34. The Morgan fingerprint density at radius 1 is 1.07 bits per heavy atom. The van der Waals surface area contributed by atoms with Gasteiger partial charge < -0.3 is 15.4 Å². The van der Waals surface area contributed by atoms with E-state index in [0.717, 1.165) is 21.9 Å². The Labute approximate surface area is 161 Å². The van der Waals surface area contributed by atoms with E-state index < -0.39 is 18.2 Å². The highest BCUT2D eigenvalue weighted by Gasteiger charge is 2.31. The van der Waals surface area contributed by atoms with Crippen molar-refractivity contribution in [3.63, 3.8) is 0 Å². The number of carbonyl (C=O) groups is 2. The molecule has 0 aliphatic carbocycles. The van der Waals surface area contributed by atoms with E-state index in [0.29, 0.717) is 5.02 Å². The van der Waals surface area contributed by atoms with Crippen LogP contribution in [0.3, 0.4) is 0 Å². The Morgan fingerprint density at radius 3 is 2.56 bits per heavy atom. The van der Waals surface area contributed by atoms with Gasteiger partial charge in [-0.25, -0.2) is 4.79 Å². The number of nitrogens with one attached hydrogen (secondary N) is 2. The van der Waals surface area contributed by atoms with Gasteiger partial charge in [-0.2, -0.15) is 0 Å². The van der Waals surface area contributed by atoms with Gasteiger partial charge in [0.2, 0.25) is 0 Å². The number of carbonyl (C=O) groups excluding carboxylic acids is 2. The summed E-state index contributed by atoms with van der Waals surface area (Å²) < 4.78 is 5.02. The van der Waals surface area contributed by atoms with Crippen LogP contribution >= 0.6 is 11.6 Å². The molecule has 1 aliphatic heterocycles. The van der Waals surface area contributed by atoms with Gasteiger partial charge in [0.1, 0.15) is 0 Å². The summed E-state index contributed by atoms with van der Waals surface area (Å²) >= 11 is 6.03. The minimum Gasteiger partial charge on any atom is -0.434 e. The first kappa shape index (κ1) is 17.4. The van der Waals surface area contributed by atoms with Crippen LogP contribution in [-0.4, -0.2) is 24.6 Å². The van der Waals surface area contributed by atoms with Crippen LogP contribution in [0.4, 0.5) is 4.79 Å². The summed E-state index contributed by atoms with van der Waals surface area (Å²) in [5.41, 5.74) is 1.85. The summed E-state index contributed by atoms with van der Waals surface area (Å²) in [5.74, 6) is -0.346. The van der Waals surface area contributed by atoms with Gasteiger partial charge in [0.25, 0.3) is 5.91 Å². The Bertz CT molecular complexity index is 998. The second-order valence-corrected chi connectivity index (χ2v) is 6.77. The lowest BCUT2D eigenvalue weighted by Crippen LogP contribution is -2.39. The van der Waals surface area contributed by atoms with Crippen molar-refractivity contribution in [2.24, 2.45) is 0 Å². The summed E-state index contributed by atoms with van der Waals surface area (Å²) in [6.07, 6.45) is -1.43. The predicted octanol–water partition coefficient (Wildman–Crippen LogP) is 3.81. The Balaban J connectivity index is 1.75. The molecule has 0 saturated carbocycles. The molecule has 1 fully saturated rings. The summed E-state index contributed by atoms with van der Waals surface area (Å²) in [4.78, 5) is 24.0. The molecule has 0 bridgehead atoms. The van der Waals surface area contributed by atoms with Gasteiger partial charge in [-0.05, 0) is 34.0 Å². The summed E-state index contributed by atoms with van der Waals surface area (Å²) in [7, 11) is 0. The smallest absolute Gasteiger partial charge is 0.408 e. The summed E-state index contributed by atoms with van der Waals surface area (Å²) in [6, 6.07) is 20.9. The first-order valence-electron chi connectivity index (χ1n) is 8.60. The molecule has 4 rings (SSSR count). The molecule has 0 radical (unpaired) electrons. The number of halogens is 1. The van der Waals surface area contributed by atoms with E-state index in [9.17, 15) is 9.59 Å². The first-order valence-corrected chi connectivity index (χ1v) is 8.97. The molecule has 1 saturated heterocycles. The number of hydrogen-bond donors (Lipinski definition) is 2. The van der Waals surface area contributed by atoms with Crippen molar-refractivity contribution in [1.29, 1.82) is 0 Å². The van der Waals surface area contributed by atoms with Crippen LogP contribution in [0.2, 0.25) is 5.02 Å². The van der Waals surface area contributed by atoms with E-state index in [1.807, 2.05) is 54.6 Å². The minimum atomic E-state index is -0.845. The molecule has 2 N–H and O–H groups in total. The van der Waals surface area contributed by atoms with Gasteiger partial charge in [-0.1, -0.05) is 66.2 Å². The molecule has 1 heterocycles. The fourth-order valence-corrected chi connectivity index (χ4v) is 3.39. The topological polar surface area (TPSA) is 67.4 Å². The van der Waals surface area contributed by atoms with Gasteiger partial charge in [0.05, 0.1) is 12.6 Å². The van der Waals surface area contributed by atoms with Crippen molar-refractivity contribution >= 4 is 34.4 Å². The van der Waals surface area contributed by atoms with Crippen LogP contribution in [0.15, 0.2) is 66.7 Å². The van der Waals surface area contributed by atoms with E-state index in [1.54, 1.807) is 12.1 Å². The van der Waals surface area contributed by atoms with E-state index >= 15 is 0 Å². The molecule has 2 unspecified atom stereocenters. The molecular formula is C21H17ClN2O3. The number of amides is 2. The summed E-state index contributed by atoms with van der Waals surface area (Å²) in [6.45, 7) is 0.160. The van der Waals surface area contributed by atoms with Crippen LogP contribution in [0.1, 0.15) is 17.2 Å². The van der Waals surface area contributed by atoms with E-state index in [-0.39, 0.29) is 12.5 Å². The van der Waals surface area contributed by atoms with Crippen molar-refractivity contribution in [3.05, 3.63) is 82.9 Å². The number of fused-ring (bicyclic) bond motifs is 1. The van der Waals surface area contributed by atoms with Gasteiger partial charge in [0.15, 0.2) is 6.10 Å². The number of rotatable bonds is 4. The van der Waals surface area contributed by atoms with Crippen molar-refractivity contribution < 1.29 is 14.3 Å². The van der Waals surface area contributed by atoms with Gasteiger partial charge in [-0.15, -0.1) is 0 Å². The number of hydrogen-bond acceptors (Lipinski definition) is 3. The van der Waals surface area contributed by atoms with Crippen molar-refractivity contribution in [2.45, 2.75) is 12.1 Å². The third-order valence-corrected chi connectivity index (χ3v) is 4.85. The first-order chi connectivity index (χ1) is 13.1. The van der Waals surface area contributed by atoms with Crippen LogP contribution in [-0.2, 0) is 9.53 Å². The maximum atomic E-state index is 12.7. The minimum absolute atomic E-state index is 0.160. The zero-order valence-corrected chi connectivity index (χ0v) is 15.1. The molecule has 2 amide bonds. The van der Waals surface area contributed by atoms with Crippen LogP contribution in [0.25, 0.3) is 10.8 Å². The fraction of sp³-hybridized carbons (Fsp3) is 0.143. The van der Waals surface area contributed by atoms with Crippen molar-refractivity contribution in [1.82, 2.24) is 10.6 Å². The van der Waals surface area contributed by atoms with Gasteiger partial charge in [0, 0.05) is 5.02 Å². The molecule has 136 valence electrons. The monoisotopic (exact) mass is 380 g/mol. The zero-order valence-electron chi connectivity index (χ0n) is 14.3. The Morgan fingerprint density at radius 2 is 1.81 bits per heavy atom. The van der Waals surface area contributed by atoms with E-state index in [4.69, 9.17) is 16.3 Å². The molecule has 0 spiro atoms. The standard InChI is InChI=1S/C21H17ClN2O3/c22-15-10-8-14(9-11-15)19(24-20(25)18-12-23-21(26)27-18)17-7-3-5-13-4-1-2-6-16(13)17/h1-11,18-19H,12H2,(H,23,26)(H,24,25). The van der Waals surface area contributed by atoms with Crippen LogP contribution < -0.4 is 10.6 Å². The quantitative estimate of drug-likeness (QED) is 0.723. The van der Waals surface area contributed by atoms with Gasteiger partial charge in [-0.3, -0.25) is 4.79 Å². The van der Waals surface area contributed by atoms with Crippen molar-refractivity contribution in [2.75, 3.05) is 6.54 Å². The average Bonchev–Trinajstić information content (AvgIpc) is 3.13. The molecule has 2 atom stereocenters. The Hall–Kier alpha value is -3.05. The highest BCUT2D eigenvalue weighted by atomic mass is 35.5. The molecule has 3 aromatic rings. The maximum Gasteiger partial charge on any atom is 0.408 e. The molecule has 0 aromatic heterocycles. The lowest BCUT2D eigenvalue weighted by atomic mass is 9.93. The lowest BCUT2D eigenvalue weighted by Gasteiger charge is -2.23. The summed E-state index contributed by atoms with van der Waals surface area (Å²) in [5, 5.41) is 8.27. The largest absolute Gasteiger partial charge is 0.434 e. The predicted molar refractivity (Wildman–Crippen MR) is 104 cm³/mol. The molecule has 27 heavy (non-hydrogen) atoms. The molecule has 3 aromatic carbocycles. The lowest BCUT2D eigenvalue weighted by molar-refractivity contribution is -0.128. The van der Waals surface area contributed by atoms with Gasteiger partial charge >= 0.3 is 6.09 Å². The third-order valence-electron chi connectivity index (χ3n) is 4.60. The normalized spacial score (nSPS) is 17.2. The third kappa shape index (κ3) is 3.59. The van der Waals surface area contributed by atoms with E-state index in [1.165, 1.54) is 0 Å². The zero-order chi connectivity index (χ0) is 18.8. The number of alkyl carbamates (subject to hydrolysis) is 1.